The van der Waals surface area contributed by atoms with E-state index < -0.39 is 23.4 Å². The molecular formula is C21H22BrN3O3. The maximum atomic E-state index is 12.9. The first-order chi connectivity index (χ1) is 13.2. The molecule has 2 N–H and O–H groups in total. The number of carbonyl (C=O) groups excluding carboxylic acids is 3. The Kier molecular flexibility index (Phi) is 5.56. The van der Waals surface area contributed by atoms with E-state index in [1.54, 1.807) is 6.92 Å². The zero-order valence-electron chi connectivity index (χ0n) is 16.0. The minimum atomic E-state index is -1.18. The lowest BCUT2D eigenvalue weighted by Gasteiger charge is -2.22. The zero-order chi connectivity index (χ0) is 20.5. The number of carbonyl (C=O) groups is 3. The van der Waals surface area contributed by atoms with Crippen molar-refractivity contribution in [3.05, 3.63) is 69.7 Å². The summed E-state index contributed by atoms with van der Waals surface area (Å²) in [5.74, 6) is -0.837. The number of hydrogen-bond donors (Lipinski definition) is 2. The fraction of sp³-hybridized carbons (Fsp3) is 0.286. The van der Waals surface area contributed by atoms with Crippen LogP contribution in [0.5, 0.6) is 0 Å². The molecule has 2 aromatic carbocycles. The van der Waals surface area contributed by atoms with E-state index in [-0.39, 0.29) is 12.6 Å². The molecule has 4 amide bonds. The van der Waals surface area contributed by atoms with Crippen LogP contribution in [0, 0.1) is 6.92 Å². The van der Waals surface area contributed by atoms with Gasteiger partial charge in [-0.25, -0.2) is 4.79 Å². The summed E-state index contributed by atoms with van der Waals surface area (Å²) in [5.41, 5.74) is 1.48. The molecule has 28 heavy (non-hydrogen) atoms. The van der Waals surface area contributed by atoms with Gasteiger partial charge >= 0.3 is 6.03 Å². The van der Waals surface area contributed by atoms with Gasteiger partial charge in [-0.2, -0.15) is 0 Å². The maximum absolute atomic E-state index is 12.9. The van der Waals surface area contributed by atoms with E-state index in [1.807, 2.05) is 62.4 Å². The Hall–Kier alpha value is -2.67. The second kappa shape index (κ2) is 7.75. The molecule has 2 aromatic rings. The van der Waals surface area contributed by atoms with E-state index in [1.165, 1.54) is 0 Å². The van der Waals surface area contributed by atoms with E-state index in [9.17, 15) is 14.4 Å². The summed E-state index contributed by atoms with van der Waals surface area (Å²) < 4.78 is 0.911. The van der Waals surface area contributed by atoms with Gasteiger partial charge in [0.15, 0.2) is 0 Å². The molecule has 2 atom stereocenters. The van der Waals surface area contributed by atoms with E-state index in [2.05, 4.69) is 26.6 Å². The van der Waals surface area contributed by atoms with Gasteiger partial charge in [0.05, 0.1) is 6.04 Å². The third kappa shape index (κ3) is 3.94. The lowest BCUT2D eigenvalue weighted by Crippen LogP contribution is -2.43. The zero-order valence-corrected chi connectivity index (χ0v) is 17.5. The number of nitrogens with one attached hydrogen (secondary N) is 2. The van der Waals surface area contributed by atoms with Crippen molar-refractivity contribution in [2.24, 2.45) is 0 Å². The van der Waals surface area contributed by atoms with Gasteiger partial charge in [-0.1, -0.05) is 57.9 Å². The van der Waals surface area contributed by atoms with Gasteiger partial charge in [0.2, 0.25) is 5.91 Å². The largest absolute Gasteiger partial charge is 0.348 e. The van der Waals surface area contributed by atoms with Gasteiger partial charge in [-0.15, -0.1) is 0 Å². The summed E-state index contributed by atoms with van der Waals surface area (Å²) in [6.45, 7) is 5.12. The first-order valence-electron chi connectivity index (χ1n) is 8.97. The number of nitrogens with zero attached hydrogens (tertiary/aromatic N) is 1. The third-order valence-corrected chi connectivity index (χ3v) is 5.43. The van der Waals surface area contributed by atoms with Crippen LogP contribution in [-0.2, 0) is 15.1 Å². The van der Waals surface area contributed by atoms with Gasteiger partial charge < -0.3 is 10.6 Å². The Morgan fingerprint density at radius 2 is 1.89 bits per heavy atom. The van der Waals surface area contributed by atoms with Gasteiger partial charge in [0.1, 0.15) is 12.1 Å². The number of urea groups is 1. The van der Waals surface area contributed by atoms with Crippen LogP contribution in [0.25, 0.3) is 0 Å². The van der Waals surface area contributed by atoms with Crippen molar-refractivity contribution in [3.8, 4) is 0 Å². The summed E-state index contributed by atoms with van der Waals surface area (Å²) in [4.78, 5) is 38.7. The van der Waals surface area contributed by atoms with Crippen LogP contribution in [0.3, 0.4) is 0 Å². The molecule has 0 bridgehead atoms. The van der Waals surface area contributed by atoms with Crippen molar-refractivity contribution in [1.29, 1.82) is 0 Å². The van der Waals surface area contributed by atoms with Crippen molar-refractivity contribution in [1.82, 2.24) is 15.5 Å². The SMILES string of the molecule is Cc1ccc(C2(C)NC(=O)N(CC(=O)NC(C)c3cccc(Br)c3)C2=O)cc1. The molecule has 6 nitrogen and oxygen atoms in total. The smallest absolute Gasteiger partial charge is 0.325 e. The summed E-state index contributed by atoms with van der Waals surface area (Å²) in [6, 6.07) is 14.2. The van der Waals surface area contributed by atoms with E-state index in [0.717, 1.165) is 20.5 Å². The van der Waals surface area contributed by atoms with Gasteiger partial charge in [0.25, 0.3) is 5.91 Å². The first kappa shape index (κ1) is 20.1. The maximum Gasteiger partial charge on any atom is 0.325 e. The Balaban J connectivity index is 1.70. The third-order valence-electron chi connectivity index (χ3n) is 4.93. The van der Waals surface area contributed by atoms with Crippen molar-refractivity contribution in [2.45, 2.75) is 32.4 Å². The second-order valence-electron chi connectivity index (χ2n) is 7.16. The van der Waals surface area contributed by atoms with Crippen molar-refractivity contribution in [2.75, 3.05) is 6.54 Å². The lowest BCUT2D eigenvalue weighted by atomic mass is 9.91. The Morgan fingerprint density at radius 3 is 2.54 bits per heavy atom. The quantitative estimate of drug-likeness (QED) is 0.694. The predicted octanol–water partition coefficient (Wildman–Crippen LogP) is 3.40. The van der Waals surface area contributed by atoms with Crippen LogP contribution >= 0.6 is 15.9 Å². The fourth-order valence-corrected chi connectivity index (χ4v) is 3.63. The van der Waals surface area contributed by atoms with Crippen molar-refractivity contribution < 1.29 is 14.4 Å². The number of imide groups is 1. The highest BCUT2D eigenvalue weighted by Crippen LogP contribution is 2.29. The van der Waals surface area contributed by atoms with E-state index in [4.69, 9.17) is 0 Å². The molecule has 7 heteroatoms. The number of halogens is 1. The number of hydrogen-bond acceptors (Lipinski definition) is 3. The van der Waals surface area contributed by atoms with Gasteiger partial charge in [0, 0.05) is 4.47 Å². The van der Waals surface area contributed by atoms with Crippen LogP contribution in [0.4, 0.5) is 4.79 Å². The molecule has 0 spiro atoms. The molecule has 0 aromatic heterocycles. The van der Waals surface area contributed by atoms with Crippen LogP contribution in [0.1, 0.15) is 36.6 Å². The summed E-state index contributed by atoms with van der Waals surface area (Å²) in [5, 5.41) is 5.55. The minimum Gasteiger partial charge on any atom is -0.348 e. The standard InChI is InChI=1S/C21H22BrN3O3/c1-13-7-9-16(10-8-13)21(3)19(27)25(20(28)24-21)12-18(26)23-14(2)15-5-4-6-17(22)11-15/h4-11,14H,12H2,1-3H3,(H,23,26)(H,24,28). The average Bonchev–Trinajstić information content (AvgIpc) is 2.86. The second-order valence-corrected chi connectivity index (χ2v) is 8.07. The van der Waals surface area contributed by atoms with Crippen LogP contribution in [-0.4, -0.2) is 29.3 Å². The molecule has 0 saturated carbocycles. The van der Waals surface area contributed by atoms with E-state index in [0.29, 0.717) is 5.56 Å². The monoisotopic (exact) mass is 443 g/mol. The molecule has 1 heterocycles. The highest BCUT2D eigenvalue weighted by atomic mass is 79.9. The van der Waals surface area contributed by atoms with Crippen LogP contribution in [0.2, 0.25) is 0 Å². The first-order valence-corrected chi connectivity index (χ1v) is 9.76. The Morgan fingerprint density at radius 1 is 1.21 bits per heavy atom. The van der Waals surface area contributed by atoms with Crippen molar-refractivity contribution >= 4 is 33.8 Å². The number of aryl methyl sites for hydroxylation is 1. The molecule has 1 fully saturated rings. The number of rotatable bonds is 5. The van der Waals surface area contributed by atoms with Crippen LogP contribution < -0.4 is 10.6 Å². The summed E-state index contributed by atoms with van der Waals surface area (Å²) in [6.07, 6.45) is 0. The lowest BCUT2D eigenvalue weighted by molar-refractivity contribution is -0.135. The molecular weight excluding hydrogens is 422 g/mol. The van der Waals surface area contributed by atoms with Gasteiger partial charge in [-0.05, 0) is 44.0 Å². The summed E-state index contributed by atoms with van der Waals surface area (Å²) >= 11 is 3.40. The molecule has 146 valence electrons. The molecule has 2 unspecified atom stereocenters. The molecule has 0 radical (unpaired) electrons. The Labute approximate surface area is 172 Å². The van der Waals surface area contributed by atoms with Gasteiger partial charge in [-0.3, -0.25) is 14.5 Å². The summed E-state index contributed by atoms with van der Waals surface area (Å²) in [7, 11) is 0. The average molecular weight is 444 g/mol. The predicted molar refractivity (Wildman–Crippen MR) is 109 cm³/mol. The van der Waals surface area contributed by atoms with Crippen molar-refractivity contribution in [3.63, 3.8) is 0 Å². The number of benzene rings is 2. The fourth-order valence-electron chi connectivity index (χ4n) is 3.21. The Bertz CT molecular complexity index is 929. The van der Waals surface area contributed by atoms with E-state index >= 15 is 0 Å². The molecule has 1 aliphatic heterocycles. The highest BCUT2D eigenvalue weighted by Gasteiger charge is 2.49. The van der Waals surface area contributed by atoms with Crippen LogP contribution in [0.15, 0.2) is 53.0 Å². The number of amides is 4. The minimum absolute atomic E-state index is 0.255. The molecule has 1 aliphatic rings. The highest BCUT2D eigenvalue weighted by molar-refractivity contribution is 9.10. The molecule has 3 rings (SSSR count). The topological polar surface area (TPSA) is 78.5 Å². The normalized spacial score (nSPS) is 20.1. The molecule has 0 aliphatic carbocycles. The molecule has 1 saturated heterocycles.